The Bertz CT molecular complexity index is 151. The Hall–Kier alpha value is -0.350. The first-order valence-electron chi connectivity index (χ1n) is 3.05. The van der Waals surface area contributed by atoms with Crippen molar-refractivity contribution < 1.29 is 0 Å². The summed E-state index contributed by atoms with van der Waals surface area (Å²) in [5.74, 6) is 0.660. The minimum atomic E-state index is -0.156. The van der Waals surface area contributed by atoms with E-state index < -0.39 is 0 Å². The number of hydrogen-bond acceptors (Lipinski definition) is 3. The summed E-state index contributed by atoms with van der Waals surface area (Å²) in [6, 6.07) is 0. The Balaban J connectivity index is 0. The van der Waals surface area contributed by atoms with Gasteiger partial charge in [-0.2, -0.15) is 0 Å². The van der Waals surface area contributed by atoms with Gasteiger partial charge in [0.25, 0.3) is 6.29 Å². The molecule has 0 saturated carbocycles. The van der Waals surface area contributed by atoms with Gasteiger partial charge < -0.3 is 5.73 Å². The summed E-state index contributed by atoms with van der Waals surface area (Å²) in [5, 5.41) is 7.16. The zero-order chi connectivity index (χ0) is 6.69. The molecule has 0 atom stereocenters. The van der Waals surface area contributed by atoms with Crippen molar-refractivity contribution >= 4 is 30.6 Å². The number of hydrogen-bond donors (Lipinski definition) is 1. The van der Waals surface area contributed by atoms with E-state index in [4.69, 9.17) is 5.73 Å². The molecule has 66 valence electrons. The zero-order valence-corrected chi connectivity index (χ0v) is 7.86. The molecular weight excluding hydrogens is 187 g/mol. The fourth-order valence-electron chi connectivity index (χ4n) is 0.550. The van der Waals surface area contributed by atoms with Crippen LogP contribution < -0.4 is 5.73 Å². The van der Waals surface area contributed by atoms with E-state index in [1.54, 1.807) is 0 Å². The molecule has 0 fully saturated rings. The average Bonchev–Trinajstić information content (AvgIpc) is 2.50. The van der Waals surface area contributed by atoms with E-state index in [1.807, 2.05) is 0 Å². The van der Waals surface area contributed by atoms with Crippen molar-refractivity contribution in [3.05, 3.63) is 0 Å². The van der Waals surface area contributed by atoms with Crippen molar-refractivity contribution in [1.29, 1.82) is 0 Å². The smallest absolute Gasteiger partial charge is 0.272 e. The summed E-state index contributed by atoms with van der Waals surface area (Å²) in [6.07, 6.45) is 1.72. The van der Waals surface area contributed by atoms with Gasteiger partial charge in [-0.25, -0.2) is 4.99 Å². The summed E-state index contributed by atoms with van der Waals surface area (Å²) in [4.78, 5) is 3.94. The molecule has 11 heavy (non-hydrogen) atoms. The van der Waals surface area contributed by atoms with Crippen molar-refractivity contribution in [1.82, 2.24) is 0 Å². The van der Waals surface area contributed by atoms with E-state index >= 15 is 0 Å². The van der Waals surface area contributed by atoms with E-state index in [0.717, 1.165) is 12.8 Å². The molecule has 0 aromatic carbocycles. The SMILES string of the molecule is CCC/C(N)=N/C1N=N1.Cl.Cl. The third-order valence-electron chi connectivity index (χ3n) is 1.01. The van der Waals surface area contributed by atoms with Crippen LogP contribution in [0.1, 0.15) is 19.8 Å². The van der Waals surface area contributed by atoms with E-state index in [0.29, 0.717) is 5.84 Å². The monoisotopic (exact) mass is 198 g/mol. The molecule has 0 bridgehead atoms. The minimum Gasteiger partial charge on any atom is -0.387 e. The van der Waals surface area contributed by atoms with Gasteiger partial charge in [0.05, 0.1) is 5.84 Å². The summed E-state index contributed by atoms with van der Waals surface area (Å²) in [6.45, 7) is 2.06. The van der Waals surface area contributed by atoms with E-state index in [2.05, 4.69) is 22.1 Å². The largest absolute Gasteiger partial charge is 0.387 e. The number of nitrogens with zero attached hydrogens (tertiary/aromatic N) is 3. The fourth-order valence-corrected chi connectivity index (χ4v) is 0.550. The van der Waals surface area contributed by atoms with Crippen molar-refractivity contribution in [2.45, 2.75) is 26.1 Å². The van der Waals surface area contributed by atoms with E-state index in [9.17, 15) is 0 Å². The molecule has 2 N–H and O–H groups in total. The molecule has 1 heterocycles. The van der Waals surface area contributed by atoms with Gasteiger partial charge in [-0.3, -0.25) is 0 Å². The second kappa shape index (κ2) is 6.37. The molecule has 0 aromatic heterocycles. The highest BCUT2D eigenvalue weighted by atomic mass is 35.5. The van der Waals surface area contributed by atoms with Crippen LogP contribution in [0, 0.1) is 0 Å². The first kappa shape index (κ1) is 13.3. The molecule has 0 aromatic rings. The lowest BCUT2D eigenvalue weighted by Crippen LogP contribution is -2.11. The summed E-state index contributed by atoms with van der Waals surface area (Å²) < 4.78 is 0. The second-order valence-corrected chi connectivity index (χ2v) is 1.95. The first-order valence-corrected chi connectivity index (χ1v) is 3.05. The van der Waals surface area contributed by atoms with Gasteiger partial charge in [-0.1, -0.05) is 6.92 Å². The standard InChI is InChI=1S/C5H10N4.2ClH/c1-2-3-4(6)7-5-8-9-5;;/h5H,2-3H2,1H3,(H2,6,7);2*1H. The van der Waals surface area contributed by atoms with Crippen LogP contribution in [0.3, 0.4) is 0 Å². The molecule has 1 aliphatic heterocycles. The minimum absolute atomic E-state index is 0. The van der Waals surface area contributed by atoms with E-state index in [-0.39, 0.29) is 31.1 Å². The van der Waals surface area contributed by atoms with Crippen LogP contribution in [0.25, 0.3) is 0 Å². The predicted molar refractivity (Wildman–Crippen MR) is 49.7 cm³/mol. The third kappa shape index (κ3) is 6.06. The lowest BCUT2D eigenvalue weighted by atomic mass is 10.3. The summed E-state index contributed by atoms with van der Waals surface area (Å²) in [7, 11) is 0. The van der Waals surface area contributed by atoms with Gasteiger partial charge in [-0.15, -0.1) is 35.0 Å². The number of amidine groups is 1. The van der Waals surface area contributed by atoms with Crippen LogP contribution in [0.5, 0.6) is 0 Å². The Morgan fingerprint density at radius 1 is 1.45 bits per heavy atom. The highest BCUT2D eigenvalue weighted by Crippen LogP contribution is 2.10. The number of aliphatic imine (C=N–C) groups is 1. The predicted octanol–water partition coefficient (Wildman–Crippen LogP) is 1.74. The van der Waals surface area contributed by atoms with Crippen molar-refractivity contribution in [2.24, 2.45) is 21.0 Å². The lowest BCUT2D eigenvalue weighted by molar-refractivity contribution is 0.933. The molecule has 0 saturated heterocycles. The molecule has 0 unspecified atom stereocenters. The van der Waals surface area contributed by atoms with Gasteiger partial charge in [0.2, 0.25) is 0 Å². The molecule has 1 rings (SSSR count). The topological polar surface area (TPSA) is 63.1 Å². The normalized spacial score (nSPS) is 15.2. The molecule has 1 aliphatic rings. The zero-order valence-electron chi connectivity index (χ0n) is 6.23. The van der Waals surface area contributed by atoms with Gasteiger partial charge in [0.1, 0.15) is 0 Å². The van der Waals surface area contributed by atoms with Crippen LogP contribution in [-0.2, 0) is 0 Å². The maximum Gasteiger partial charge on any atom is 0.272 e. The van der Waals surface area contributed by atoms with Crippen LogP contribution in [0.4, 0.5) is 0 Å². The maximum absolute atomic E-state index is 5.46. The number of nitrogens with two attached hydrogens (primary N) is 1. The van der Waals surface area contributed by atoms with Crippen LogP contribution in [0.2, 0.25) is 0 Å². The highest BCUT2D eigenvalue weighted by Gasteiger charge is 2.12. The second-order valence-electron chi connectivity index (χ2n) is 1.95. The van der Waals surface area contributed by atoms with Crippen LogP contribution >= 0.6 is 24.8 Å². The summed E-state index contributed by atoms with van der Waals surface area (Å²) >= 11 is 0. The van der Waals surface area contributed by atoms with Gasteiger partial charge in [0.15, 0.2) is 0 Å². The van der Waals surface area contributed by atoms with Crippen LogP contribution in [-0.4, -0.2) is 12.1 Å². The Labute approximate surface area is 78.2 Å². The Morgan fingerprint density at radius 2 is 2.00 bits per heavy atom. The molecular formula is C5H12Cl2N4. The average molecular weight is 199 g/mol. The Morgan fingerprint density at radius 3 is 2.36 bits per heavy atom. The molecule has 4 nitrogen and oxygen atoms in total. The van der Waals surface area contributed by atoms with Crippen molar-refractivity contribution in [3.63, 3.8) is 0 Å². The van der Waals surface area contributed by atoms with Crippen molar-refractivity contribution in [3.8, 4) is 0 Å². The summed E-state index contributed by atoms with van der Waals surface area (Å²) in [5.41, 5.74) is 5.46. The van der Waals surface area contributed by atoms with Crippen molar-refractivity contribution in [2.75, 3.05) is 0 Å². The van der Waals surface area contributed by atoms with E-state index in [1.165, 1.54) is 0 Å². The molecule has 0 amide bonds. The molecule has 0 radical (unpaired) electrons. The molecule has 6 heteroatoms. The maximum atomic E-state index is 5.46. The third-order valence-corrected chi connectivity index (χ3v) is 1.01. The quantitative estimate of drug-likeness (QED) is 0.546. The molecule has 0 aliphatic carbocycles. The Kier molecular flexibility index (Phi) is 7.67. The van der Waals surface area contributed by atoms with Crippen LogP contribution in [0.15, 0.2) is 15.2 Å². The first-order chi connectivity index (χ1) is 4.33. The van der Waals surface area contributed by atoms with Gasteiger partial charge in [0, 0.05) is 6.42 Å². The molecule has 0 spiro atoms. The fraction of sp³-hybridized carbons (Fsp3) is 0.800. The number of rotatable bonds is 3. The van der Waals surface area contributed by atoms with Gasteiger partial charge >= 0.3 is 0 Å². The number of halogens is 2. The van der Waals surface area contributed by atoms with Gasteiger partial charge in [-0.05, 0) is 6.42 Å². The lowest BCUT2D eigenvalue weighted by Gasteiger charge is -1.92. The highest BCUT2D eigenvalue weighted by molar-refractivity contribution is 5.85.